The van der Waals surface area contributed by atoms with Crippen molar-refractivity contribution in [1.29, 1.82) is 0 Å². The van der Waals surface area contributed by atoms with Crippen molar-refractivity contribution in [1.82, 2.24) is 10.2 Å². The molecule has 118 valence electrons. The van der Waals surface area contributed by atoms with Crippen LogP contribution in [0.4, 0.5) is 13.2 Å². The fraction of sp³-hybridized carbons (Fsp3) is 0.286. The van der Waals surface area contributed by atoms with Crippen molar-refractivity contribution < 1.29 is 27.4 Å². The third kappa shape index (κ3) is 3.21. The summed E-state index contributed by atoms with van der Waals surface area (Å²) >= 11 is 0. The summed E-state index contributed by atoms with van der Waals surface area (Å²) in [5.74, 6) is -0.415. The molecular weight excluding hydrogens is 301 g/mol. The van der Waals surface area contributed by atoms with Gasteiger partial charge in [0.2, 0.25) is 0 Å². The van der Waals surface area contributed by atoms with Crippen molar-refractivity contribution in [2.24, 2.45) is 0 Å². The van der Waals surface area contributed by atoms with E-state index in [1.54, 1.807) is 6.92 Å². The Balaban J connectivity index is 2.45. The second-order valence-corrected chi connectivity index (χ2v) is 4.30. The first-order valence-corrected chi connectivity index (χ1v) is 6.35. The second-order valence-electron chi connectivity index (χ2n) is 4.30. The lowest BCUT2D eigenvalue weighted by atomic mass is 10.1. The number of aromatic nitrogens is 2. The molecular formula is C14H13F3N2O3. The maximum Gasteiger partial charge on any atom is 0.416 e. The number of H-pyrrole nitrogens is 1. The SMILES string of the molecule is CCOC(=O)c1cc(-c2cc(C(F)(F)F)ccc2OC)n[nH]1. The molecule has 0 aliphatic heterocycles. The highest BCUT2D eigenvalue weighted by molar-refractivity contribution is 5.89. The van der Waals surface area contributed by atoms with E-state index in [1.807, 2.05) is 0 Å². The van der Waals surface area contributed by atoms with E-state index in [2.05, 4.69) is 10.2 Å². The van der Waals surface area contributed by atoms with Crippen LogP contribution in [0.3, 0.4) is 0 Å². The zero-order chi connectivity index (χ0) is 16.3. The van der Waals surface area contributed by atoms with Gasteiger partial charge in [-0.25, -0.2) is 4.79 Å². The molecule has 0 atom stereocenters. The Bertz CT molecular complexity index is 680. The minimum Gasteiger partial charge on any atom is -0.496 e. The molecule has 1 heterocycles. The van der Waals surface area contributed by atoms with Crippen LogP contribution < -0.4 is 4.74 Å². The summed E-state index contributed by atoms with van der Waals surface area (Å²) in [5, 5.41) is 6.29. The van der Waals surface area contributed by atoms with Gasteiger partial charge in [-0.2, -0.15) is 18.3 Å². The largest absolute Gasteiger partial charge is 0.496 e. The van der Waals surface area contributed by atoms with E-state index in [1.165, 1.54) is 19.2 Å². The van der Waals surface area contributed by atoms with Crippen LogP contribution in [0.2, 0.25) is 0 Å². The van der Waals surface area contributed by atoms with Crippen LogP contribution in [-0.4, -0.2) is 29.9 Å². The number of aromatic amines is 1. The lowest BCUT2D eigenvalue weighted by molar-refractivity contribution is -0.137. The van der Waals surface area contributed by atoms with Gasteiger partial charge in [-0.3, -0.25) is 5.10 Å². The number of benzene rings is 1. The lowest BCUT2D eigenvalue weighted by Crippen LogP contribution is -2.05. The predicted octanol–water partition coefficient (Wildman–Crippen LogP) is 3.28. The van der Waals surface area contributed by atoms with Crippen LogP contribution in [0.15, 0.2) is 24.3 Å². The number of carbonyl (C=O) groups is 1. The topological polar surface area (TPSA) is 64.2 Å². The van der Waals surface area contributed by atoms with Gasteiger partial charge < -0.3 is 9.47 Å². The van der Waals surface area contributed by atoms with Gasteiger partial charge in [-0.1, -0.05) is 0 Å². The first-order valence-electron chi connectivity index (χ1n) is 6.35. The third-order valence-electron chi connectivity index (χ3n) is 2.88. The normalized spacial score (nSPS) is 11.3. The number of hydrogen-bond donors (Lipinski definition) is 1. The molecule has 0 saturated carbocycles. The molecule has 2 aromatic rings. The van der Waals surface area contributed by atoms with Crippen molar-refractivity contribution in [3.05, 3.63) is 35.5 Å². The zero-order valence-corrected chi connectivity index (χ0v) is 11.8. The summed E-state index contributed by atoms with van der Waals surface area (Å²) in [5.41, 5.74) is -0.490. The van der Waals surface area contributed by atoms with E-state index in [0.29, 0.717) is 0 Å². The lowest BCUT2D eigenvalue weighted by Gasteiger charge is -2.11. The molecule has 0 saturated heterocycles. The number of hydrogen-bond acceptors (Lipinski definition) is 4. The smallest absolute Gasteiger partial charge is 0.416 e. The molecule has 0 fully saturated rings. The highest BCUT2D eigenvalue weighted by Gasteiger charge is 2.31. The summed E-state index contributed by atoms with van der Waals surface area (Å²) in [7, 11) is 1.34. The quantitative estimate of drug-likeness (QED) is 0.880. The van der Waals surface area contributed by atoms with E-state index < -0.39 is 17.7 Å². The number of ether oxygens (including phenoxy) is 2. The van der Waals surface area contributed by atoms with Gasteiger partial charge in [0, 0.05) is 5.56 Å². The molecule has 0 aliphatic rings. The van der Waals surface area contributed by atoms with Gasteiger partial charge in [0.05, 0.1) is 25.0 Å². The molecule has 2 rings (SSSR count). The number of nitrogens with one attached hydrogen (secondary N) is 1. The fourth-order valence-electron chi connectivity index (χ4n) is 1.86. The molecule has 0 bridgehead atoms. The summed E-state index contributed by atoms with van der Waals surface area (Å²) in [4.78, 5) is 11.6. The van der Waals surface area contributed by atoms with Crippen LogP contribution in [0.5, 0.6) is 5.75 Å². The molecule has 1 aromatic heterocycles. The van der Waals surface area contributed by atoms with Crippen molar-refractivity contribution in [3.63, 3.8) is 0 Å². The van der Waals surface area contributed by atoms with Gasteiger partial charge in [-0.05, 0) is 31.2 Å². The number of nitrogens with zero attached hydrogens (tertiary/aromatic N) is 1. The van der Waals surface area contributed by atoms with Crippen LogP contribution in [0.1, 0.15) is 23.0 Å². The van der Waals surface area contributed by atoms with Crippen molar-refractivity contribution in [2.45, 2.75) is 13.1 Å². The Kier molecular flexibility index (Phi) is 4.39. The maximum absolute atomic E-state index is 12.8. The van der Waals surface area contributed by atoms with Crippen LogP contribution in [0.25, 0.3) is 11.3 Å². The van der Waals surface area contributed by atoms with E-state index >= 15 is 0 Å². The Labute approximate surface area is 124 Å². The Morgan fingerprint density at radius 1 is 1.32 bits per heavy atom. The second kappa shape index (κ2) is 6.08. The molecule has 5 nitrogen and oxygen atoms in total. The molecule has 1 N–H and O–H groups in total. The molecule has 0 aliphatic carbocycles. The van der Waals surface area contributed by atoms with Gasteiger partial charge >= 0.3 is 12.1 Å². The molecule has 22 heavy (non-hydrogen) atoms. The van der Waals surface area contributed by atoms with E-state index in [9.17, 15) is 18.0 Å². The summed E-state index contributed by atoms with van der Waals surface area (Å²) < 4.78 is 48.3. The van der Waals surface area contributed by atoms with Crippen LogP contribution >= 0.6 is 0 Å². The Morgan fingerprint density at radius 2 is 2.05 bits per heavy atom. The average molecular weight is 314 g/mol. The van der Waals surface area contributed by atoms with E-state index in [-0.39, 0.29) is 29.3 Å². The average Bonchev–Trinajstić information content (AvgIpc) is 2.95. The van der Waals surface area contributed by atoms with Crippen LogP contribution in [-0.2, 0) is 10.9 Å². The minimum absolute atomic E-state index is 0.0521. The number of alkyl halides is 3. The standard InChI is InChI=1S/C14H13F3N2O3/c1-3-22-13(20)11-7-10(18-19-11)9-6-8(14(15,16)17)4-5-12(9)21-2/h4-7H,3H2,1-2H3,(H,18,19). The van der Waals surface area contributed by atoms with Crippen molar-refractivity contribution >= 4 is 5.97 Å². The van der Waals surface area contributed by atoms with Crippen LogP contribution in [0, 0.1) is 0 Å². The fourth-order valence-corrected chi connectivity index (χ4v) is 1.86. The van der Waals surface area contributed by atoms with E-state index in [4.69, 9.17) is 9.47 Å². The highest BCUT2D eigenvalue weighted by atomic mass is 19.4. The first kappa shape index (κ1) is 15.9. The molecule has 0 unspecified atom stereocenters. The zero-order valence-electron chi connectivity index (χ0n) is 11.8. The monoisotopic (exact) mass is 314 g/mol. The van der Waals surface area contributed by atoms with Gasteiger partial charge in [0.1, 0.15) is 11.4 Å². The van der Waals surface area contributed by atoms with E-state index in [0.717, 1.165) is 12.1 Å². The number of carbonyl (C=O) groups excluding carboxylic acids is 1. The Morgan fingerprint density at radius 3 is 2.64 bits per heavy atom. The molecule has 1 aromatic carbocycles. The number of halogens is 3. The number of methoxy groups -OCH3 is 1. The minimum atomic E-state index is -4.48. The molecule has 0 radical (unpaired) electrons. The van der Waals surface area contributed by atoms with Crippen molar-refractivity contribution in [3.8, 4) is 17.0 Å². The summed E-state index contributed by atoms with van der Waals surface area (Å²) in [6.45, 7) is 1.82. The van der Waals surface area contributed by atoms with Gasteiger partial charge in [0.25, 0.3) is 0 Å². The number of rotatable bonds is 4. The highest BCUT2D eigenvalue weighted by Crippen LogP contribution is 2.36. The summed E-state index contributed by atoms with van der Waals surface area (Å²) in [6, 6.07) is 4.36. The van der Waals surface area contributed by atoms with Gasteiger partial charge in [-0.15, -0.1) is 0 Å². The third-order valence-corrected chi connectivity index (χ3v) is 2.88. The number of esters is 1. The molecule has 0 amide bonds. The summed E-state index contributed by atoms with van der Waals surface area (Å²) in [6.07, 6.45) is -4.48. The predicted molar refractivity (Wildman–Crippen MR) is 71.5 cm³/mol. The molecule has 0 spiro atoms. The molecule has 8 heteroatoms. The van der Waals surface area contributed by atoms with Crippen molar-refractivity contribution in [2.75, 3.05) is 13.7 Å². The van der Waals surface area contributed by atoms with Gasteiger partial charge in [0.15, 0.2) is 0 Å². The maximum atomic E-state index is 12.8. The first-order chi connectivity index (χ1) is 10.4. The Hall–Kier alpha value is -2.51.